The van der Waals surface area contributed by atoms with Crippen LogP contribution in [-0.2, 0) is 9.53 Å². The number of nitrogens with zero attached hydrogens (tertiary/aromatic N) is 2. The highest BCUT2D eigenvalue weighted by atomic mass is 35.5. The highest BCUT2D eigenvalue weighted by Crippen LogP contribution is 2.13. The Morgan fingerprint density at radius 1 is 1.50 bits per heavy atom. The molecule has 1 aromatic rings. The van der Waals surface area contributed by atoms with Gasteiger partial charge in [-0.25, -0.2) is 4.79 Å². The maximum atomic E-state index is 11.4. The number of rotatable bonds is 5. The summed E-state index contributed by atoms with van der Waals surface area (Å²) in [5.41, 5.74) is 2.89. The summed E-state index contributed by atoms with van der Waals surface area (Å²) in [6.45, 7) is 2.13. The summed E-state index contributed by atoms with van der Waals surface area (Å²) in [5, 5.41) is 13.0. The molecule has 18 heavy (non-hydrogen) atoms. The maximum absolute atomic E-state index is 11.4. The molecule has 0 atom stereocenters. The van der Waals surface area contributed by atoms with Gasteiger partial charge in [0.1, 0.15) is 6.07 Å². The number of esters is 1. The molecule has 0 saturated heterocycles. The van der Waals surface area contributed by atoms with Crippen molar-refractivity contribution in [2.75, 3.05) is 12.0 Å². The number of halogens is 1. The Bertz CT molecular complexity index is 477. The third-order valence-corrected chi connectivity index (χ3v) is 2.13. The van der Waals surface area contributed by atoms with Gasteiger partial charge in [0.2, 0.25) is 5.71 Å². The van der Waals surface area contributed by atoms with Gasteiger partial charge < -0.3 is 4.74 Å². The first-order valence-electron chi connectivity index (χ1n) is 5.34. The molecular weight excluding hydrogens is 254 g/mol. The van der Waals surface area contributed by atoms with Gasteiger partial charge in [-0.3, -0.25) is 5.43 Å². The average Bonchev–Trinajstić information content (AvgIpc) is 2.39. The number of anilines is 1. The molecule has 6 heteroatoms. The van der Waals surface area contributed by atoms with Gasteiger partial charge in [0.25, 0.3) is 0 Å². The number of hydrogen-bond acceptors (Lipinski definition) is 5. The Hall–Kier alpha value is -2.06. The second-order valence-corrected chi connectivity index (χ2v) is 3.76. The smallest absolute Gasteiger partial charge is 0.369 e. The van der Waals surface area contributed by atoms with Crippen molar-refractivity contribution in [2.24, 2.45) is 5.10 Å². The summed E-state index contributed by atoms with van der Waals surface area (Å²) >= 11 is 5.72. The van der Waals surface area contributed by atoms with Crippen LogP contribution in [0.15, 0.2) is 29.4 Å². The number of nitrogens with one attached hydrogen (secondary N) is 1. The molecule has 5 nitrogen and oxygen atoms in total. The number of ether oxygens (including phenoxy) is 1. The molecule has 0 saturated carbocycles. The molecule has 1 N–H and O–H groups in total. The predicted molar refractivity (Wildman–Crippen MR) is 69.4 cm³/mol. The monoisotopic (exact) mass is 265 g/mol. The van der Waals surface area contributed by atoms with Gasteiger partial charge >= 0.3 is 5.97 Å². The summed E-state index contributed by atoms with van der Waals surface area (Å²) < 4.78 is 4.80. The number of carbonyl (C=O) groups is 1. The third-order valence-electron chi connectivity index (χ3n) is 1.88. The van der Waals surface area contributed by atoms with Crippen molar-refractivity contribution in [3.8, 4) is 6.07 Å². The van der Waals surface area contributed by atoms with Crippen molar-refractivity contribution in [1.82, 2.24) is 0 Å². The van der Waals surface area contributed by atoms with E-state index in [4.69, 9.17) is 21.6 Å². The van der Waals surface area contributed by atoms with E-state index in [1.165, 1.54) is 0 Å². The van der Waals surface area contributed by atoms with Crippen molar-refractivity contribution in [3.63, 3.8) is 0 Å². The zero-order valence-corrected chi connectivity index (χ0v) is 10.6. The summed E-state index contributed by atoms with van der Waals surface area (Å²) in [4.78, 5) is 11.4. The molecule has 1 aromatic carbocycles. The standard InChI is InChI=1S/C12H12ClN3O2/c1-2-7-18-12(17)11(8-14)16-15-10-5-3-9(13)4-6-10/h3-6,15H,2,7H2,1H3/b16-11-. The molecule has 0 aliphatic rings. The van der Waals surface area contributed by atoms with Crippen LogP contribution in [0.4, 0.5) is 5.69 Å². The van der Waals surface area contributed by atoms with Gasteiger partial charge in [-0.15, -0.1) is 0 Å². The molecule has 0 fully saturated rings. The van der Waals surface area contributed by atoms with E-state index in [9.17, 15) is 4.79 Å². The molecule has 0 radical (unpaired) electrons. The molecule has 0 aromatic heterocycles. The first-order chi connectivity index (χ1) is 8.67. The van der Waals surface area contributed by atoms with E-state index < -0.39 is 5.97 Å². The van der Waals surface area contributed by atoms with Gasteiger partial charge in [0.15, 0.2) is 0 Å². The molecule has 0 heterocycles. The lowest BCUT2D eigenvalue weighted by molar-refractivity contribution is -0.135. The van der Waals surface area contributed by atoms with Crippen LogP contribution in [0.5, 0.6) is 0 Å². The van der Waals surface area contributed by atoms with Gasteiger partial charge in [0, 0.05) is 5.02 Å². The summed E-state index contributed by atoms with van der Waals surface area (Å²) in [7, 11) is 0. The highest BCUT2D eigenvalue weighted by molar-refractivity contribution is 6.43. The molecule has 0 aliphatic carbocycles. The fourth-order valence-electron chi connectivity index (χ4n) is 1.02. The Labute approximate surface area is 110 Å². The van der Waals surface area contributed by atoms with Crippen LogP contribution >= 0.6 is 11.6 Å². The van der Waals surface area contributed by atoms with Gasteiger partial charge in [-0.1, -0.05) is 18.5 Å². The van der Waals surface area contributed by atoms with Crippen molar-refractivity contribution in [2.45, 2.75) is 13.3 Å². The SMILES string of the molecule is CCCOC(=O)/C(C#N)=N\Nc1ccc(Cl)cc1. The zero-order valence-electron chi connectivity index (χ0n) is 9.81. The van der Waals surface area contributed by atoms with Gasteiger partial charge in [0.05, 0.1) is 12.3 Å². The first-order valence-corrected chi connectivity index (χ1v) is 5.71. The minimum Gasteiger partial charge on any atom is -0.460 e. The Morgan fingerprint density at radius 2 is 2.17 bits per heavy atom. The molecular formula is C12H12ClN3O2. The van der Waals surface area contributed by atoms with Crippen LogP contribution in [0.3, 0.4) is 0 Å². The fourth-order valence-corrected chi connectivity index (χ4v) is 1.15. The topological polar surface area (TPSA) is 74.5 Å². The van der Waals surface area contributed by atoms with Crippen molar-refractivity contribution < 1.29 is 9.53 Å². The fraction of sp³-hybridized carbons (Fsp3) is 0.250. The van der Waals surface area contributed by atoms with Gasteiger partial charge in [-0.05, 0) is 30.7 Å². The second-order valence-electron chi connectivity index (χ2n) is 3.33. The Kier molecular flexibility index (Phi) is 5.68. The maximum Gasteiger partial charge on any atom is 0.369 e. The van der Waals surface area contributed by atoms with Crippen LogP contribution in [-0.4, -0.2) is 18.3 Å². The van der Waals surface area contributed by atoms with Gasteiger partial charge in [-0.2, -0.15) is 10.4 Å². The highest BCUT2D eigenvalue weighted by Gasteiger charge is 2.11. The van der Waals surface area contributed by atoms with E-state index in [0.29, 0.717) is 17.1 Å². The van der Waals surface area contributed by atoms with Crippen molar-refractivity contribution >= 4 is 29.0 Å². The molecule has 0 unspecified atom stereocenters. The first kappa shape index (κ1) is 14.0. The molecule has 1 rings (SSSR count). The predicted octanol–water partition coefficient (Wildman–Crippen LogP) is 2.58. The number of hydrogen-bond donors (Lipinski definition) is 1. The number of nitriles is 1. The minimum atomic E-state index is -0.735. The van der Waals surface area contributed by atoms with E-state index in [1.807, 2.05) is 6.92 Å². The van der Waals surface area contributed by atoms with Crippen LogP contribution in [0.1, 0.15) is 13.3 Å². The minimum absolute atomic E-state index is 0.264. The lowest BCUT2D eigenvalue weighted by Gasteiger charge is -2.02. The van der Waals surface area contributed by atoms with Crippen LogP contribution in [0.25, 0.3) is 0 Å². The zero-order chi connectivity index (χ0) is 13.4. The van der Waals surface area contributed by atoms with Crippen LogP contribution in [0, 0.1) is 11.3 Å². The average molecular weight is 266 g/mol. The Morgan fingerprint density at radius 3 is 2.72 bits per heavy atom. The summed E-state index contributed by atoms with van der Waals surface area (Å²) in [6, 6.07) is 8.37. The van der Waals surface area contributed by atoms with E-state index in [0.717, 1.165) is 0 Å². The molecule has 0 bridgehead atoms. The molecule has 94 valence electrons. The van der Waals surface area contributed by atoms with Crippen molar-refractivity contribution in [1.29, 1.82) is 5.26 Å². The van der Waals surface area contributed by atoms with Crippen LogP contribution in [0.2, 0.25) is 5.02 Å². The van der Waals surface area contributed by atoms with Crippen molar-refractivity contribution in [3.05, 3.63) is 29.3 Å². The molecule has 0 spiro atoms. The van der Waals surface area contributed by atoms with E-state index in [-0.39, 0.29) is 12.3 Å². The lowest BCUT2D eigenvalue weighted by atomic mass is 10.3. The lowest BCUT2D eigenvalue weighted by Crippen LogP contribution is -2.17. The quantitative estimate of drug-likeness (QED) is 0.504. The normalized spacial score (nSPS) is 10.6. The summed E-state index contributed by atoms with van der Waals surface area (Å²) in [6.07, 6.45) is 0.690. The summed E-state index contributed by atoms with van der Waals surface area (Å²) in [5.74, 6) is -0.735. The molecule has 0 aliphatic heterocycles. The third kappa shape index (κ3) is 4.44. The molecule has 0 amide bonds. The number of hydrazone groups is 1. The van der Waals surface area contributed by atoms with E-state index in [1.54, 1.807) is 30.3 Å². The Balaban J connectivity index is 2.66. The van der Waals surface area contributed by atoms with E-state index >= 15 is 0 Å². The number of benzene rings is 1. The second kappa shape index (κ2) is 7.30. The van der Waals surface area contributed by atoms with E-state index in [2.05, 4.69) is 10.5 Å². The largest absolute Gasteiger partial charge is 0.460 e. The van der Waals surface area contributed by atoms with Crippen LogP contribution < -0.4 is 5.43 Å². The number of carbonyl (C=O) groups excluding carboxylic acids is 1.